The van der Waals surface area contributed by atoms with Gasteiger partial charge in [0.05, 0.1) is 22.1 Å². The molecule has 0 saturated heterocycles. The topological polar surface area (TPSA) is 13.1 Å². The average Bonchev–Trinajstić information content (AvgIpc) is 3.98. The fraction of sp³-hybridized carbons (Fsp3) is 0. The molecule has 0 aliphatic heterocycles. The van der Waals surface area contributed by atoms with Crippen LogP contribution in [0.15, 0.2) is 212 Å². The van der Waals surface area contributed by atoms with Crippen molar-refractivity contribution < 1.29 is 0 Å². The zero-order chi connectivity index (χ0) is 37.0. The maximum Gasteiger partial charge on any atom is 0.101 e. The van der Waals surface area contributed by atoms with Gasteiger partial charge in [0.2, 0.25) is 0 Å². The smallest absolute Gasteiger partial charge is 0.101 e. The maximum absolute atomic E-state index is 2.43. The third kappa shape index (κ3) is 5.34. The first-order chi connectivity index (χ1) is 27.8. The summed E-state index contributed by atoms with van der Waals surface area (Å²) in [5.41, 5.74) is 13.1. The number of hydrogen-bond acceptors (Lipinski definition) is 2. The Morgan fingerprint density at radius 2 is 0.768 bits per heavy atom. The molecular formula is C52H35N3S. The van der Waals surface area contributed by atoms with E-state index in [1.807, 2.05) is 11.3 Å². The maximum atomic E-state index is 2.43. The highest BCUT2D eigenvalue weighted by atomic mass is 32.1. The molecule has 3 heterocycles. The average molecular weight is 734 g/mol. The van der Waals surface area contributed by atoms with Crippen molar-refractivity contribution in [1.82, 2.24) is 9.13 Å². The van der Waals surface area contributed by atoms with Gasteiger partial charge in [-0.05, 0) is 114 Å². The SMILES string of the molecule is c1ccc(N(c2ccccc2)c2ccc(-c3ccc(-n4c5ccccc5c5cc(-c6ccc7c(c6)c6ccccc6n7-c6ccccc6)ccc54)s3)cc2)cc1. The van der Waals surface area contributed by atoms with Crippen molar-refractivity contribution in [3.8, 4) is 32.3 Å². The summed E-state index contributed by atoms with van der Waals surface area (Å²) in [6, 6.07) is 76.7. The number of fused-ring (bicyclic) bond motifs is 6. The Kier molecular flexibility index (Phi) is 7.68. The molecule has 0 unspecified atom stereocenters. The van der Waals surface area contributed by atoms with Gasteiger partial charge in [-0.15, -0.1) is 11.3 Å². The lowest BCUT2D eigenvalue weighted by Crippen LogP contribution is -2.09. The predicted molar refractivity (Wildman–Crippen MR) is 239 cm³/mol. The van der Waals surface area contributed by atoms with Gasteiger partial charge in [-0.1, -0.05) is 115 Å². The molecule has 0 amide bonds. The number of nitrogens with zero attached hydrogens (tertiary/aromatic N) is 3. The van der Waals surface area contributed by atoms with Crippen LogP contribution in [0, 0.1) is 0 Å². The molecule has 0 bridgehead atoms. The molecule has 11 aromatic rings. The quantitative estimate of drug-likeness (QED) is 0.159. The zero-order valence-corrected chi connectivity index (χ0v) is 31.3. The van der Waals surface area contributed by atoms with Crippen LogP contribution in [0.2, 0.25) is 0 Å². The second-order valence-corrected chi connectivity index (χ2v) is 15.3. The number of rotatable bonds is 7. The first kappa shape index (κ1) is 32.3. The Labute approximate surface area is 329 Å². The van der Waals surface area contributed by atoms with Gasteiger partial charge in [-0.25, -0.2) is 0 Å². The minimum Gasteiger partial charge on any atom is -0.311 e. The first-order valence-corrected chi connectivity index (χ1v) is 19.8. The molecule has 8 aromatic carbocycles. The van der Waals surface area contributed by atoms with Crippen molar-refractivity contribution in [2.24, 2.45) is 0 Å². The largest absolute Gasteiger partial charge is 0.311 e. The highest BCUT2D eigenvalue weighted by Gasteiger charge is 2.18. The van der Waals surface area contributed by atoms with E-state index < -0.39 is 0 Å². The van der Waals surface area contributed by atoms with Crippen LogP contribution in [0.4, 0.5) is 17.1 Å². The van der Waals surface area contributed by atoms with Crippen molar-refractivity contribution in [2.75, 3.05) is 4.90 Å². The molecule has 0 fully saturated rings. The van der Waals surface area contributed by atoms with Gasteiger partial charge >= 0.3 is 0 Å². The summed E-state index contributed by atoms with van der Waals surface area (Å²) < 4.78 is 4.80. The Bertz CT molecular complexity index is 3130. The number of anilines is 3. The first-order valence-electron chi connectivity index (χ1n) is 19.0. The fourth-order valence-corrected chi connectivity index (χ4v) is 9.42. The second-order valence-electron chi connectivity index (χ2n) is 14.2. The Hall–Kier alpha value is -7.14. The summed E-state index contributed by atoms with van der Waals surface area (Å²) >= 11 is 1.83. The molecule has 0 aliphatic carbocycles. The van der Waals surface area contributed by atoms with Crippen LogP contribution in [0.1, 0.15) is 0 Å². The highest BCUT2D eigenvalue weighted by Crippen LogP contribution is 2.41. The summed E-state index contributed by atoms with van der Waals surface area (Å²) in [7, 11) is 0. The van der Waals surface area contributed by atoms with E-state index in [9.17, 15) is 0 Å². The van der Waals surface area contributed by atoms with Crippen molar-refractivity contribution >= 4 is 72.0 Å². The second kappa shape index (κ2) is 13.3. The Balaban J connectivity index is 0.971. The van der Waals surface area contributed by atoms with E-state index in [0.717, 1.165) is 17.1 Å². The lowest BCUT2D eigenvalue weighted by molar-refractivity contribution is 1.18. The summed E-state index contributed by atoms with van der Waals surface area (Å²) in [5.74, 6) is 0. The van der Waals surface area contributed by atoms with E-state index in [1.165, 1.54) is 75.9 Å². The van der Waals surface area contributed by atoms with Gasteiger partial charge in [0.25, 0.3) is 0 Å². The van der Waals surface area contributed by atoms with Crippen LogP contribution in [-0.2, 0) is 0 Å². The molecule has 0 atom stereocenters. The molecule has 0 saturated carbocycles. The molecule has 0 N–H and O–H groups in total. The normalized spacial score (nSPS) is 11.6. The lowest BCUT2D eigenvalue weighted by Gasteiger charge is -2.25. The monoisotopic (exact) mass is 733 g/mol. The fourth-order valence-electron chi connectivity index (χ4n) is 8.38. The van der Waals surface area contributed by atoms with E-state index >= 15 is 0 Å². The van der Waals surface area contributed by atoms with Gasteiger partial charge in [0, 0.05) is 49.2 Å². The van der Waals surface area contributed by atoms with Crippen molar-refractivity contribution in [1.29, 1.82) is 0 Å². The number of benzene rings is 8. The van der Waals surface area contributed by atoms with Crippen molar-refractivity contribution in [3.63, 3.8) is 0 Å². The molecule has 3 aromatic heterocycles. The zero-order valence-electron chi connectivity index (χ0n) is 30.5. The number of para-hydroxylation sites is 5. The molecule has 0 spiro atoms. The van der Waals surface area contributed by atoms with Crippen LogP contribution in [0.5, 0.6) is 0 Å². The van der Waals surface area contributed by atoms with Crippen LogP contribution in [0.3, 0.4) is 0 Å². The van der Waals surface area contributed by atoms with Gasteiger partial charge in [-0.2, -0.15) is 0 Å². The number of thiophene rings is 1. The van der Waals surface area contributed by atoms with Gasteiger partial charge < -0.3 is 14.0 Å². The molecule has 0 radical (unpaired) electrons. The number of hydrogen-bond donors (Lipinski definition) is 0. The van der Waals surface area contributed by atoms with Crippen LogP contribution in [0.25, 0.3) is 75.9 Å². The van der Waals surface area contributed by atoms with E-state index in [0.29, 0.717) is 0 Å². The van der Waals surface area contributed by atoms with E-state index in [4.69, 9.17) is 0 Å². The van der Waals surface area contributed by atoms with E-state index in [1.54, 1.807) is 0 Å². The van der Waals surface area contributed by atoms with Crippen LogP contribution in [-0.4, -0.2) is 9.13 Å². The molecule has 3 nitrogen and oxygen atoms in total. The number of aromatic nitrogens is 2. The standard InChI is InChI=1S/C52H35N3S/c1-4-14-39(15-5-1)53(40-16-6-2-7-17-40)42-28-24-36(25-29-42)51-32-33-52(56-51)55-48-23-13-11-21-44(48)46-35-38(27-31-50(46)55)37-26-30-49-45(34-37)43-20-10-12-22-47(43)54(49)41-18-8-3-9-19-41/h1-35H. The van der Waals surface area contributed by atoms with Crippen LogP contribution >= 0.6 is 11.3 Å². The van der Waals surface area contributed by atoms with Crippen molar-refractivity contribution in [2.45, 2.75) is 0 Å². The summed E-state index contributed by atoms with van der Waals surface area (Å²) in [4.78, 5) is 3.54. The molecular weight excluding hydrogens is 699 g/mol. The molecule has 56 heavy (non-hydrogen) atoms. The van der Waals surface area contributed by atoms with Gasteiger partial charge in [0.15, 0.2) is 0 Å². The summed E-state index contributed by atoms with van der Waals surface area (Å²) in [6.45, 7) is 0. The summed E-state index contributed by atoms with van der Waals surface area (Å²) in [5, 5.41) is 6.24. The van der Waals surface area contributed by atoms with E-state index in [2.05, 4.69) is 226 Å². The van der Waals surface area contributed by atoms with Gasteiger partial charge in [-0.3, -0.25) is 0 Å². The third-order valence-corrected chi connectivity index (χ3v) is 12.1. The molecule has 4 heteroatoms. The lowest BCUT2D eigenvalue weighted by atomic mass is 10.0. The van der Waals surface area contributed by atoms with Crippen LogP contribution < -0.4 is 4.90 Å². The summed E-state index contributed by atoms with van der Waals surface area (Å²) in [6.07, 6.45) is 0. The minimum absolute atomic E-state index is 1.13. The van der Waals surface area contributed by atoms with Gasteiger partial charge in [0.1, 0.15) is 5.00 Å². The molecule has 264 valence electrons. The van der Waals surface area contributed by atoms with Crippen molar-refractivity contribution in [3.05, 3.63) is 212 Å². The molecule has 0 aliphatic rings. The Morgan fingerprint density at radius 3 is 1.36 bits per heavy atom. The molecule has 11 rings (SSSR count). The Morgan fingerprint density at radius 1 is 0.321 bits per heavy atom. The highest BCUT2D eigenvalue weighted by molar-refractivity contribution is 7.18. The van der Waals surface area contributed by atoms with E-state index in [-0.39, 0.29) is 0 Å². The third-order valence-electron chi connectivity index (χ3n) is 10.9. The predicted octanol–water partition coefficient (Wildman–Crippen LogP) is 14.7. The minimum atomic E-state index is 1.13.